The smallest absolute Gasteiger partial charge is 0.251 e. The molecule has 3 heteroatoms. The van der Waals surface area contributed by atoms with Crippen molar-refractivity contribution in [3.8, 4) is 0 Å². The minimum atomic E-state index is -2.31. The molecule has 1 saturated heterocycles. The molecule has 2 aliphatic rings. The molecule has 0 aromatic heterocycles. The molecule has 2 fully saturated rings. The van der Waals surface area contributed by atoms with Crippen LogP contribution in [0.4, 0.5) is 8.78 Å². The molecular weight excluding hydrogens is 172 g/mol. The average molecular weight is 189 g/mol. The van der Waals surface area contributed by atoms with Crippen LogP contribution >= 0.6 is 0 Å². The Hall–Kier alpha value is -0.180. The van der Waals surface area contributed by atoms with E-state index in [2.05, 4.69) is 12.2 Å². The molecule has 3 unspecified atom stereocenters. The van der Waals surface area contributed by atoms with Gasteiger partial charge in [0.1, 0.15) is 0 Å². The Bertz CT molecular complexity index is 193. The third-order valence-electron chi connectivity index (χ3n) is 3.51. The summed E-state index contributed by atoms with van der Waals surface area (Å²) in [5.74, 6) is -1.51. The normalized spacial score (nSPS) is 43.2. The lowest BCUT2D eigenvalue weighted by Crippen LogP contribution is -2.35. The minimum Gasteiger partial charge on any atom is -0.316 e. The molecule has 1 aliphatic carbocycles. The molecule has 1 N–H and O–H groups in total. The summed E-state index contributed by atoms with van der Waals surface area (Å²) in [4.78, 5) is 0. The maximum Gasteiger partial charge on any atom is 0.251 e. The van der Waals surface area contributed by atoms with Crippen molar-refractivity contribution >= 4 is 0 Å². The molecule has 3 atom stereocenters. The van der Waals surface area contributed by atoms with Gasteiger partial charge in [0, 0.05) is 12.3 Å². The summed E-state index contributed by atoms with van der Waals surface area (Å²) in [6, 6.07) is 0. The summed E-state index contributed by atoms with van der Waals surface area (Å²) in [5, 5.41) is 3.29. The van der Waals surface area contributed by atoms with Crippen molar-refractivity contribution in [1.29, 1.82) is 0 Å². The van der Waals surface area contributed by atoms with Gasteiger partial charge in [-0.3, -0.25) is 0 Å². The largest absolute Gasteiger partial charge is 0.316 e. The Kier molecular flexibility index (Phi) is 2.30. The first-order chi connectivity index (χ1) is 6.09. The molecule has 0 aromatic rings. The monoisotopic (exact) mass is 189 g/mol. The van der Waals surface area contributed by atoms with Crippen LogP contribution < -0.4 is 5.32 Å². The van der Waals surface area contributed by atoms with E-state index >= 15 is 0 Å². The number of nitrogens with one attached hydrogen (secondary N) is 1. The first-order valence-corrected chi connectivity index (χ1v) is 5.18. The number of hydrogen-bond donors (Lipinski definition) is 1. The first kappa shape index (κ1) is 9.38. The standard InChI is InChI=1S/C10H17F2N/c1-7-6-13-3-2-8(7)4-9-5-10(9,11)12/h7-9,13H,2-6H2,1H3. The molecule has 0 aromatic carbocycles. The Morgan fingerprint density at radius 3 is 2.69 bits per heavy atom. The number of alkyl halides is 2. The van der Waals surface area contributed by atoms with Crippen LogP contribution in [0.15, 0.2) is 0 Å². The summed E-state index contributed by atoms with van der Waals surface area (Å²) >= 11 is 0. The maximum atomic E-state index is 12.7. The molecule has 0 bridgehead atoms. The van der Waals surface area contributed by atoms with Crippen molar-refractivity contribution in [2.45, 2.75) is 32.1 Å². The quantitative estimate of drug-likeness (QED) is 0.702. The van der Waals surface area contributed by atoms with Gasteiger partial charge < -0.3 is 5.32 Å². The van der Waals surface area contributed by atoms with Gasteiger partial charge in [-0.1, -0.05) is 6.92 Å². The van der Waals surface area contributed by atoms with Gasteiger partial charge in [0.25, 0.3) is 5.92 Å². The number of piperidine rings is 1. The highest BCUT2D eigenvalue weighted by Gasteiger charge is 2.57. The van der Waals surface area contributed by atoms with Crippen LogP contribution in [-0.2, 0) is 0 Å². The van der Waals surface area contributed by atoms with Crippen molar-refractivity contribution in [2.24, 2.45) is 17.8 Å². The lowest BCUT2D eigenvalue weighted by atomic mass is 9.84. The van der Waals surface area contributed by atoms with Crippen molar-refractivity contribution in [3.63, 3.8) is 0 Å². The number of halogens is 2. The Morgan fingerprint density at radius 1 is 1.46 bits per heavy atom. The number of hydrogen-bond acceptors (Lipinski definition) is 1. The van der Waals surface area contributed by atoms with E-state index in [1.807, 2.05) is 0 Å². The van der Waals surface area contributed by atoms with Crippen molar-refractivity contribution < 1.29 is 8.78 Å². The topological polar surface area (TPSA) is 12.0 Å². The molecule has 0 amide bonds. The van der Waals surface area contributed by atoms with Gasteiger partial charge in [-0.15, -0.1) is 0 Å². The highest BCUT2D eigenvalue weighted by atomic mass is 19.3. The van der Waals surface area contributed by atoms with E-state index in [9.17, 15) is 8.78 Å². The van der Waals surface area contributed by atoms with Crippen LogP contribution in [0.1, 0.15) is 26.2 Å². The average Bonchev–Trinajstić information content (AvgIpc) is 2.64. The lowest BCUT2D eigenvalue weighted by Gasteiger charge is -2.29. The first-order valence-electron chi connectivity index (χ1n) is 5.18. The molecular formula is C10H17F2N. The maximum absolute atomic E-state index is 12.7. The fourth-order valence-electron chi connectivity index (χ4n) is 2.31. The third-order valence-corrected chi connectivity index (χ3v) is 3.51. The predicted octanol–water partition coefficient (Wildman–Crippen LogP) is 2.28. The van der Waals surface area contributed by atoms with E-state index in [4.69, 9.17) is 0 Å². The molecule has 76 valence electrons. The molecule has 0 spiro atoms. The van der Waals surface area contributed by atoms with E-state index in [1.54, 1.807) is 0 Å². The molecule has 0 radical (unpaired) electrons. The SMILES string of the molecule is CC1CNCCC1CC1CC1(F)F. The van der Waals surface area contributed by atoms with E-state index in [0.717, 1.165) is 25.9 Å². The fourth-order valence-corrected chi connectivity index (χ4v) is 2.31. The second-order valence-corrected chi connectivity index (χ2v) is 4.63. The van der Waals surface area contributed by atoms with Crippen molar-refractivity contribution in [3.05, 3.63) is 0 Å². The summed E-state index contributed by atoms with van der Waals surface area (Å²) in [6.07, 6.45) is 1.97. The van der Waals surface area contributed by atoms with Crippen LogP contribution in [0.25, 0.3) is 0 Å². The van der Waals surface area contributed by atoms with Crippen molar-refractivity contribution in [2.75, 3.05) is 13.1 Å². The number of rotatable bonds is 2. The van der Waals surface area contributed by atoms with E-state index in [-0.39, 0.29) is 12.3 Å². The zero-order valence-electron chi connectivity index (χ0n) is 8.02. The van der Waals surface area contributed by atoms with Crippen LogP contribution in [0.3, 0.4) is 0 Å². The van der Waals surface area contributed by atoms with Gasteiger partial charge in [0.15, 0.2) is 0 Å². The van der Waals surface area contributed by atoms with Gasteiger partial charge in [0.2, 0.25) is 0 Å². The van der Waals surface area contributed by atoms with E-state index in [1.165, 1.54) is 0 Å². The van der Waals surface area contributed by atoms with Crippen LogP contribution in [0.2, 0.25) is 0 Å². The molecule has 1 nitrogen and oxygen atoms in total. The summed E-state index contributed by atoms with van der Waals surface area (Å²) in [6.45, 7) is 4.17. The van der Waals surface area contributed by atoms with Gasteiger partial charge in [-0.05, 0) is 37.8 Å². The van der Waals surface area contributed by atoms with Crippen LogP contribution in [0.5, 0.6) is 0 Å². The molecule has 2 rings (SSSR count). The second kappa shape index (κ2) is 3.19. The highest BCUT2D eigenvalue weighted by molar-refractivity contribution is 4.96. The van der Waals surface area contributed by atoms with E-state index in [0.29, 0.717) is 11.8 Å². The Balaban J connectivity index is 1.81. The van der Waals surface area contributed by atoms with Crippen LogP contribution in [0, 0.1) is 17.8 Å². The molecule has 1 heterocycles. The molecule has 13 heavy (non-hydrogen) atoms. The second-order valence-electron chi connectivity index (χ2n) is 4.63. The van der Waals surface area contributed by atoms with E-state index < -0.39 is 5.92 Å². The fraction of sp³-hybridized carbons (Fsp3) is 1.00. The summed E-state index contributed by atoms with van der Waals surface area (Å²) < 4.78 is 25.3. The van der Waals surface area contributed by atoms with Crippen LogP contribution in [-0.4, -0.2) is 19.0 Å². The van der Waals surface area contributed by atoms with Crippen molar-refractivity contribution in [1.82, 2.24) is 5.32 Å². The Morgan fingerprint density at radius 2 is 2.15 bits per heavy atom. The zero-order valence-corrected chi connectivity index (χ0v) is 8.02. The minimum absolute atomic E-state index is 0.143. The van der Waals surface area contributed by atoms with Gasteiger partial charge >= 0.3 is 0 Å². The molecule has 1 aliphatic heterocycles. The zero-order chi connectivity index (χ0) is 9.47. The lowest BCUT2D eigenvalue weighted by molar-refractivity contribution is 0.0875. The highest BCUT2D eigenvalue weighted by Crippen LogP contribution is 2.53. The predicted molar refractivity (Wildman–Crippen MR) is 47.8 cm³/mol. The van der Waals surface area contributed by atoms with Gasteiger partial charge in [-0.2, -0.15) is 0 Å². The Labute approximate surface area is 77.9 Å². The van der Waals surface area contributed by atoms with Gasteiger partial charge in [0.05, 0.1) is 0 Å². The summed E-state index contributed by atoms with van der Waals surface area (Å²) in [7, 11) is 0. The molecule has 1 saturated carbocycles. The van der Waals surface area contributed by atoms with Gasteiger partial charge in [-0.25, -0.2) is 8.78 Å². The third kappa shape index (κ3) is 2.01. The summed E-state index contributed by atoms with van der Waals surface area (Å²) in [5.41, 5.74) is 0.